The van der Waals surface area contributed by atoms with Gasteiger partial charge in [0.25, 0.3) is 0 Å². The van der Waals surface area contributed by atoms with Crippen molar-refractivity contribution in [2.24, 2.45) is 0 Å². The topological polar surface area (TPSA) is 29.5 Å². The van der Waals surface area contributed by atoms with Crippen molar-refractivity contribution in [3.63, 3.8) is 0 Å². The van der Waals surface area contributed by atoms with Crippen LogP contribution in [0.4, 0.5) is 10.5 Å². The van der Waals surface area contributed by atoms with Crippen LogP contribution < -0.4 is 9.64 Å². The Morgan fingerprint density at radius 1 is 1.31 bits per heavy atom. The van der Waals surface area contributed by atoms with Gasteiger partial charge in [0, 0.05) is 7.05 Å². The fraction of sp³-hybridized carbons (Fsp3) is 0.417. The summed E-state index contributed by atoms with van der Waals surface area (Å²) in [4.78, 5) is 12.6. The summed E-state index contributed by atoms with van der Waals surface area (Å²) in [7, 11) is 3.23. The number of hydrogen-bond donors (Lipinski definition) is 0. The number of hydrogen-bond acceptors (Lipinski definition) is 2. The highest BCUT2D eigenvalue weighted by atomic mass is 35.5. The first-order valence-corrected chi connectivity index (χ1v) is 5.36. The quantitative estimate of drug-likeness (QED) is 0.587. The molecule has 0 radical (unpaired) electrons. The molecular formula is C12H16ClNO2. The minimum absolute atomic E-state index is 0.523. The fourth-order valence-electron chi connectivity index (χ4n) is 1.79. The van der Waals surface area contributed by atoms with Crippen LogP contribution in [0.1, 0.15) is 16.7 Å². The molecule has 0 aliphatic rings. The highest BCUT2D eigenvalue weighted by Gasteiger charge is 2.18. The number of anilines is 1. The number of rotatable bonds is 2. The van der Waals surface area contributed by atoms with Crippen molar-refractivity contribution in [3.8, 4) is 5.75 Å². The second kappa shape index (κ2) is 4.74. The average Bonchev–Trinajstić information content (AvgIpc) is 2.21. The second-order valence-corrected chi connectivity index (χ2v) is 4.15. The smallest absolute Gasteiger partial charge is 0.320 e. The van der Waals surface area contributed by atoms with Crippen LogP contribution in [0.15, 0.2) is 6.07 Å². The van der Waals surface area contributed by atoms with Gasteiger partial charge in [0.05, 0.1) is 12.8 Å². The molecule has 0 saturated carbocycles. The number of methoxy groups -OCH3 is 1. The van der Waals surface area contributed by atoms with Crippen molar-refractivity contribution < 1.29 is 9.53 Å². The Balaban J connectivity index is 3.48. The molecule has 0 aromatic heterocycles. The summed E-state index contributed by atoms with van der Waals surface area (Å²) in [6, 6.07) is 2.02. The maximum Gasteiger partial charge on any atom is 0.320 e. The number of amides is 1. The normalized spacial score (nSPS) is 10.1. The second-order valence-electron chi connectivity index (χ2n) is 3.83. The van der Waals surface area contributed by atoms with Crippen LogP contribution in [0.2, 0.25) is 0 Å². The third-order valence-electron chi connectivity index (χ3n) is 2.76. The summed E-state index contributed by atoms with van der Waals surface area (Å²) in [5.74, 6) is 0.703. The molecule has 0 saturated heterocycles. The number of carbonyl (C=O) groups excluding carboxylic acids is 1. The van der Waals surface area contributed by atoms with E-state index < -0.39 is 5.37 Å². The standard InChI is InChI=1S/C12H16ClNO2/c1-7-6-8(2)10(14(4)12(13)15)11(16-5)9(7)3/h6H,1-5H3. The van der Waals surface area contributed by atoms with Gasteiger partial charge in [0.1, 0.15) is 5.75 Å². The minimum atomic E-state index is -0.523. The fourth-order valence-corrected chi connectivity index (χ4v) is 1.88. The van der Waals surface area contributed by atoms with Gasteiger partial charge in [-0.05, 0) is 49.1 Å². The molecule has 0 aliphatic heterocycles. The lowest BCUT2D eigenvalue weighted by molar-refractivity contribution is 0.265. The van der Waals surface area contributed by atoms with Crippen LogP contribution in [0.3, 0.4) is 0 Å². The highest BCUT2D eigenvalue weighted by molar-refractivity contribution is 6.66. The molecule has 0 N–H and O–H groups in total. The zero-order valence-corrected chi connectivity index (χ0v) is 11.0. The van der Waals surface area contributed by atoms with E-state index in [0.29, 0.717) is 5.75 Å². The van der Waals surface area contributed by atoms with E-state index >= 15 is 0 Å². The van der Waals surface area contributed by atoms with Crippen LogP contribution in [0.25, 0.3) is 0 Å². The molecule has 1 aromatic rings. The molecule has 16 heavy (non-hydrogen) atoms. The number of ether oxygens (including phenoxy) is 1. The van der Waals surface area contributed by atoms with Gasteiger partial charge in [0.15, 0.2) is 0 Å². The number of aryl methyl sites for hydroxylation is 2. The summed E-state index contributed by atoms with van der Waals surface area (Å²) < 4.78 is 5.36. The lowest BCUT2D eigenvalue weighted by atomic mass is 10.0. The third-order valence-corrected chi connectivity index (χ3v) is 3.01. The molecular weight excluding hydrogens is 226 g/mol. The zero-order valence-electron chi connectivity index (χ0n) is 10.2. The van der Waals surface area contributed by atoms with E-state index in [1.165, 1.54) is 4.90 Å². The van der Waals surface area contributed by atoms with E-state index in [9.17, 15) is 4.79 Å². The SMILES string of the molecule is COc1c(C)c(C)cc(C)c1N(C)C(=O)Cl. The average molecular weight is 242 g/mol. The van der Waals surface area contributed by atoms with Gasteiger partial charge in [-0.25, -0.2) is 0 Å². The first-order valence-electron chi connectivity index (χ1n) is 4.98. The Labute approximate surface area is 101 Å². The molecule has 1 rings (SSSR count). The van der Waals surface area contributed by atoms with Gasteiger partial charge in [0.2, 0.25) is 0 Å². The molecule has 0 atom stereocenters. The van der Waals surface area contributed by atoms with Gasteiger partial charge in [-0.1, -0.05) is 6.07 Å². The summed E-state index contributed by atoms with van der Waals surface area (Å²) in [5, 5.41) is -0.523. The molecule has 0 fully saturated rings. The van der Waals surface area contributed by atoms with Crippen LogP contribution in [-0.2, 0) is 0 Å². The summed E-state index contributed by atoms with van der Waals surface area (Å²) in [6.45, 7) is 5.90. The van der Waals surface area contributed by atoms with Crippen molar-refractivity contribution in [1.29, 1.82) is 0 Å². The highest BCUT2D eigenvalue weighted by Crippen LogP contribution is 2.36. The minimum Gasteiger partial charge on any atom is -0.494 e. The van der Waals surface area contributed by atoms with E-state index in [-0.39, 0.29) is 0 Å². The van der Waals surface area contributed by atoms with Crippen LogP contribution >= 0.6 is 11.6 Å². The monoisotopic (exact) mass is 241 g/mol. The van der Waals surface area contributed by atoms with Gasteiger partial charge in [-0.2, -0.15) is 0 Å². The molecule has 3 nitrogen and oxygen atoms in total. The van der Waals surface area contributed by atoms with Gasteiger partial charge >= 0.3 is 5.37 Å². The van der Waals surface area contributed by atoms with E-state index in [4.69, 9.17) is 16.3 Å². The molecule has 88 valence electrons. The molecule has 0 aliphatic carbocycles. The van der Waals surface area contributed by atoms with Crippen molar-refractivity contribution in [2.45, 2.75) is 20.8 Å². The van der Waals surface area contributed by atoms with Crippen molar-refractivity contribution >= 4 is 22.7 Å². The molecule has 0 heterocycles. The van der Waals surface area contributed by atoms with E-state index in [2.05, 4.69) is 0 Å². The number of benzene rings is 1. The van der Waals surface area contributed by atoms with E-state index in [0.717, 1.165) is 22.4 Å². The Morgan fingerprint density at radius 2 is 1.88 bits per heavy atom. The number of carbonyl (C=O) groups is 1. The lowest BCUT2D eigenvalue weighted by Crippen LogP contribution is -2.21. The summed E-state index contributed by atoms with van der Waals surface area (Å²) >= 11 is 5.49. The summed E-state index contributed by atoms with van der Waals surface area (Å²) in [6.07, 6.45) is 0. The number of nitrogens with zero attached hydrogens (tertiary/aromatic N) is 1. The maximum atomic E-state index is 11.2. The molecule has 0 spiro atoms. The summed E-state index contributed by atoms with van der Waals surface area (Å²) in [5.41, 5.74) is 3.85. The van der Waals surface area contributed by atoms with Crippen LogP contribution in [-0.4, -0.2) is 19.5 Å². The Kier molecular flexibility index (Phi) is 3.81. The van der Waals surface area contributed by atoms with Crippen molar-refractivity contribution in [1.82, 2.24) is 0 Å². The Morgan fingerprint density at radius 3 is 2.31 bits per heavy atom. The predicted octanol–water partition coefficient (Wildman–Crippen LogP) is 3.42. The predicted molar refractivity (Wildman–Crippen MR) is 66.9 cm³/mol. The number of halogens is 1. The van der Waals surface area contributed by atoms with Gasteiger partial charge in [-0.3, -0.25) is 9.69 Å². The van der Waals surface area contributed by atoms with Crippen molar-refractivity contribution in [3.05, 3.63) is 22.8 Å². The first kappa shape index (κ1) is 12.8. The van der Waals surface area contributed by atoms with Gasteiger partial charge < -0.3 is 4.74 Å². The molecule has 0 bridgehead atoms. The van der Waals surface area contributed by atoms with E-state index in [1.807, 2.05) is 26.8 Å². The van der Waals surface area contributed by atoms with Gasteiger partial charge in [-0.15, -0.1) is 0 Å². The third kappa shape index (κ3) is 2.14. The van der Waals surface area contributed by atoms with Crippen LogP contribution in [0.5, 0.6) is 5.75 Å². The molecule has 4 heteroatoms. The van der Waals surface area contributed by atoms with Crippen molar-refractivity contribution in [2.75, 3.05) is 19.1 Å². The Hall–Kier alpha value is -1.22. The maximum absolute atomic E-state index is 11.2. The van der Waals surface area contributed by atoms with Crippen LogP contribution in [0, 0.1) is 20.8 Å². The molecule has 0 unspecified atom stereocenters. The molecule has 1 amide bonds. The zero-order chi connectivity index (χ0) is 12.5. The largest absolute Gasteiger partial charge is 0.494 e. The first-order chi connectivity index (χ1) is 7.40. The molecule has 1 aromatic carbocycles. The lowest BCUT2D eigenvalue weighted by Gasteiger charge is -2.22. The Bertz CT molecular complexity index is 430. The van der Waals surface area contributed by atoms with E-state index in [1.54, 1.807) is 14.2 Å².